The van der Waals surface area contributed by atoms with E-state index >= 15 is 0 Å². The highest BCUT2D eigenvalue weighted by Gasteiger charge is 2.33. The van der Waals surface area contributed by atoms with Crippen LogP contribution in [0.1, 0.15) is 46.5 Å². The number of likely N-dealkylation sites (N-methyl/N-ethyl adjacent to an activating group) is 1. The van der Waals surface area contributed by atoms with Gasteiger partial charge in [-0.1, -0.05) is 27.2 Å². The van der Waals surface area contributed by atoms with E-state index in [0.717, 1.165) is 38.8 Å². The highest BCUT2D eigenvalue weighted by molar-refractivity contribution is 5.84. The van der Waals surface area contributed by atoms with Crippen molar-refractivity contribution in [3.05, 3.63) is 0 Å². The number of amides is 1. The van der Waals surface area contributed by atoms with Crippen LogP contribution < -0.4 is 5.32 Å². The molecule has 0 spiro atoms. The molecule has 1 N–H and O–H groups in total. The number of nitrogens with zero attached hydrogens (tertiary/aromatic N) is 1. The van der Waals surface area contributed by atoms with E-state index in [-0.39, 0.29) is 6.04 Å². The van der Waals surface area contributed by atoms with Crippen LogP contribution in [-0.4, -0.2) is 36.0 Å². The largest absolute Gasteiger partial charge is 0.338 e. The molecule has 0 aromatic heterocycles. The van der Waals surface area contributed by atoms with E-state index in [1.165, 1.54) is 0 Å². The Labute approximate surface area is 93.2 Å². The zero-order valence-corrected chi connectivity index (χ0v) is 10.3. The number of hydrogen-bond donors (Lipinski definition) is 1. The second-order valence-corrected chi connectivity index (χ2v) is 4.28. The minimum Gasteiger partial charge on any atom is -0.338 e. The van der Waals surface area contributed by atoms with Crippen molar-refractivity contribution in [2.45, 2.75) is 58.5 Å². The molecule has 0 aromatic rings. The van der Waals surface area contributed by atoms with Crippen LogP contribution in [0.4, 0.5) is 0 Å². The van der Waals surface area contributed by atoms with Crippen LogP contribution in [0.15, 0.2) is 0 Å². The molecule has 0 aromatic carbocycles. The molecule has 2 atom stereocenters. The Balaban J connectivity index is 2.53. The van der Waals surface area contributed by atoms with Crippen molar-refractivity contribution >= 4 is 5.91 Å². The summed E-state index contributed by atoms with van der Waals surface area (Å²) < 4.78 is 0. The second kappa shape index (κ2) is 6.11. The van der Waals surface area contributed by atoms with Gasteiger partial charge < -0.3 is 10.2 Å². The maximum atomic E-state index is 12.0. The topological polar surface area (TPSA) is 32.3 Å². The highest BCUT2D eigenvalue weighted by Crippen LogP contribution is 2.19. The quantitative estimate of drug-likeness (QED) is 0.728. The summed E-state index contributed by atoms with van der Waals surface area (Å²) >= 11 is 0. The van der Waals surface area contributed by atoms with Crippen molar-refractivity contribution in [2.75, 3.05) is 13.1 Å². The molecule has 3 heteroatoms. The fourth-order valence-corrected chi connectivity index (χ4v) is 2.41. The minimum absolute atomic E-state index is 0.0842. The Morgan fingerprint density at radius 2 is 2.20 bits per heavy atom. The molecule has 1 rings (SSSR count). The molecular weight excluding hydrogens is 188 g/mol. The molecule has 3 nitrogen and oxygen atoms in total. The van der Waals surface area contributed by atoms with Crippen LogP contribution in [0, 0.1) is 0 Å². The molecule has 0 saturated carbocycles. The fraction of sp³-hybridized carbons (Fsp3) is 0.917. The van der Waals surface area contributed by atoms with Gasteiger partial charge in [0.05, 0.1) is 6.04 Å². The van der Waals surface area contributed by atoms with Gasteiger partial charge in [-0.25, -0.2) is 0 Å². The molecular formula is C12H24N2O. The van der Waals surface area contributed by atoms with Gasteiger partial charge in [0.25, 0.3) is 0 Å². The fourth-order valence-electron chi connectivity index (χ4n) is 2.41. The molecule has 2 unspecified atom stereocenters. The van der Waals surface area contributed by atoms with Crippen molar-refractivity contribution in [2.24, 2.45) is 0 Å². The predicted molar refractivity (Wildman–Crippen MR) is 62.8 cm³/mol. The summed E-state index contributed by atoms with van der Waals surface area (Å²) in [7, 11) is 0. The monoisotopic (exact) mass is 212 g/mol. The maximum Gasteiger partial charge on any atom is 0.240 e. The van der Waals surface area contributed by atoms with Gasteiger partial charge in [-0.15, -0.1) is 0 Å². The molecule has 88 valence electrons. The number of likely N-dealkylation sites (tertiary alicyclic amines) is 1. The molecule has 1 aliphatic rings. The first kappa shape index (κ1) is 12.5. The molecule has 0 radical (unpaired) electrons. The third kappa shape index (κ3) is 2.94. The molecule has 1 saturated heterocycles. The number of carbonyl (C=O) groups excluding carboxylic acids is 1. The van der Waals surface area contributed by atoms with Gasteiger partial charge in [0.1, 0.15) is 0 Å². The Kier molecular flexibility index (Phi) is 5.09. The first-order chi connectivity index (χ1) is 7.24. The van der Waals surface area contributed by atoms with Crippen molar-refractivity contribution in [1.82, 2.24) is 10.2 Å². The Hall–Kier alpha value is -0.570. The van der Waals surface area contributed by atoms with Crippen molar-refractivity contribution in [3.63, 3.8) is 0 Å². The lowest BCUT2D eigenvalue weighted by molar-refractivity contribution is -0.131. The summed E-state index contributed by atoms with van der Waals surface area (Å²) in [5.41, 5.74) is 0. The molecule has 1 amide bonds. The predicted octanol–water partition coefficient (Wildman–Crippen LogP) is 1.78. The summed E-state index contributed by atoms with van der Waals surface area (Å²) in [5, 5.41) is 3.25. The van der Waals surface area contributed by atoms with Gasteiger partial charge in [-0.05, 0) is 25.8 Å². The summed E-state index contributed by atoms with van der Waals surface area (Å²) in [4.78, 5) is 14.1. The van der Waals surface area contributed by atoms with Crippen LogP contribution in [-0.2, 0) is 4.79 Å². The summed E-state index contributed by atoms with van der Waals surface area (Å²) in [6.07, 6.45) is 4.36. The molecule has 1 heterocycles. The SMILES string of the molecule is CCCC(CC)N1CCC(NCC)C1=O. The number of carbonyl (C=O) groups is 1. The van der Waals surface area contributed by atoms with Gasteiger partial charge in [0.15, 0.2) is 0 Å². The number of hydrogen-bond acceptors (Lipinski definition) is 2. The van der Waals surface area contributed by atoms with Crippen molar-refractivity contribution in [3.8, 4) is 0 Å². The van der Waals surface area contributed by atoms with Gasteiger partial charge >= 0.3 is 0 Å². The maximum absolute atomic E-state index is 12.0. The van der Waals surface area contributed by atoms with Gasteiger partial charge in [-0.2, -0.15) is 0 Å². The van der Waals surface area contributed by atoms with Gasteiger partial charge in [0.2, 0.25) is 5.91 Å². The zero-order valence-electron chi connectivity index (χ0n) is 10.3. The standard InChI is InChI=1S/C12H24N2O/c1-4-7-10(5-2)14-9-8-11(12(14)15)13-6-3/h10-11,13H,4-9H2,1-3H3. The van der Waals surface area contributed by atoms with Crippen LogP contribution in [0.3, 0.4) is 0 Å². The Morgan fingerprint density at radius 3 is 2.73 bits per heavy atom. The van der Waals surface area contributed by atoms with Gasteiger partial charge in [0, 0.05) is 12.6 Å². The van der Waals surface area contributed by atoms with Crippen LogP contribution in [0.25, 0.3) is 0 Å². The van der Waals surface area contributed by atoms with Crippen LogP contribution >= 0.6 is 0 Å². The third-order valence-corrected chi connectivity index (χ3v) is 3.22. The summed E-state index contributed by atoms with van der Waals surface area (Å²) in [6.45, 7) is 8.24. The lowest BCUT2D eigenvalue weighted by atomic mass is 10.1. The lowest BCUT2D eigenvalue weighted by Gasteiger charge is -2.27. The number of nitrogens with one attached hydrogen (secondary N) is 1. The Morgan fingerprint density at radius 1 is 1.47 bits per heavy atom. The van der Waals surface area contributed by atoms with E-state index in [0.29, 0.717) is 11.9 Å². The third-order valence-electron chi connectivity index (χ3n) is 3.22. The van der Waals surface area contributed by atoms with Crippen molar-refractivity contribution < 1.29 is 4.79 Å². The van der Waals surface area contributed by atoms with E-state index in [1.807, 2.05) is 0 Å². The lowest BCUT2D eigenvalue weighted by Crippen LogP contribution is -2.42. The van der Waals surface area contributed by atoms with Crippen LogP contribution in [0.5, 0.6) is 0 Å². The molecule has 1 fully saturated rings. The first-order valence-electron chi connectivity index (χ1n) is 6.28. The van der Waals surface area contributed by atoms with E-state index in [4.69, 9.17) is 0 Å². The molecule has 0 aliphatic carbocycles. The van der Waals surface area contributed by atoms with E-state index < -0.39 is 0 Å². The molecule has 1 aliphatic heterocycles. The summed E-state index contributed by atoms with van der Waals surface area (Å²) in [5.74, 6) is 0.317. The summed E-state index contributed by atoms with van der Waals surface area (Å²) in [6, 6.07) is 0.548. The average Bonchev–Trinajstić information content (AvgIpc) is 2.58. The van der Waals surface area contributed by atoms with Gasteiger partial charge in [-0.3, -0.25) is 4.79 Å². The average molecular weight is 212 g/mol. The molecule has 0 bridgehead atoms. The number of rotatable bonds is 6. The smallest absolute Gasteiger partial charge is 0.240 e. The van der Waals surface area contributed by atoms with E-state index in [2.05, 4.69) is 31.0 Å². The normalized spacial score (nSPS) is 23.5. The van der Waals surface area contributed by atoms with E-state index in [9.17, 15) is 4.79 Å². The van der Waals surface area contributed by atoms with Crippen LogP contribution in [0.2, 0.25) is 0 Å². The first-order valence-corrected chi connectivity index (χ1v) is 6.28. The second-order valence-electron chi connectivity index (χ2n) is 4.28. The van der Waals surface area contributed by atoms with E-state index in [1.54, 1.807) is 0 Å². The highest BCUT2D eigenvalue weighted by atomic mass is 16.2. The zero-order chi connectivity index (χ0) is 11.3. The minimum atomic E-state index is 0.0842. The Bertz CT molecular complexity index is 206. The molecule has 15 heavy (non-hydrogen) atoms. The van der Waals surface area contributed by atoms with Crippen molar-refractivity contribution in [1.29, 1.82) is 0 Å².